The number of carbonyl (C=O) groups is 1. The number of sulfonamides is 1. The third-order valence-corrected chi connectivity index (χ3v) is 8.09. The van der Waals surface area contributed by atoms with Crippen molar-refractivity contribution in [2.24, 2.45) is 0 Å². The van der Waals surface area contributed by atoms with Crippen LogP contribution < -0.4 is 10.6 Å². The Morgan fingerprint density at radius 1 is 1.07 bits per heavy atom. The normalized spacial score (nSPS) is 20.5. The lowest BCUT2D eigenvalue weighted by Gasteiger charge is -2.26. The Balaban J connectivity index is 1.38. The van der Waals surface area contributed by atoms with Gasteiger partial charge in [-0.05, 0) is 62.4 Å². The minimum Gasteiger partial charge on any atom is -0.330 e. The van der Waals surface area contributed by atoms with Crippen molar-refractivity contribution in [3.8, 4) is 0 Å². The molecule has 0 radical (unpaired) electrons. The molecule has 1 fully saturated rings. The summed E-state index contributed by atoms with van der Waals surface area (Å²) in [6.07, 6.45) is 5.13. The molecule has 7 heteroatoms. The van der Waals surface area contributed by atoms with Gasteiger partial charge in [0, 0.05) is 30.8 Å². The molecule has 2 aliphatic rings. The van der Waals surface area contributed by atoms with Crippen molar-refractivity contribution in [3.05, 3.63) is 59.7 Å². The summed E-state index contributed by atoms with van der Waals surface area (Å²) in [5.41, 5.74) is 3.33. The topological polar surface area (TPSA) is 83.1 Å². The highest BCUT2D eigenvalue weighted by Crippen LogP contribution is 2.27. The van der Waals surface area contributed by atoms with Gasteiger partial charge in [0.05, 0.1) is 4.90 Å². The highest BCUT2D eigenvalue weighted by molar-refractivity contribution is 7.89. The summed E-state index contributed by atoms with van der Waals surface area (Å²) >= 11 is 0. The zero-order valence-corrected chi connectivity index (χ0v) is 18.2. The van der Waals surface area contributed by atoms with E-state index >= 15 is 0 Å². The van der Waals surface area contributed by atoms with Crippen molar-refractivity contribution < 1.29 is 18.5 Å². The average Bonchev–Trinajstić information content (AvgIpc) is 3.30. The number of quaternary nitrogens is 1. The molecular weight excluding hydrogens is 398 g/mol. The van der Waals surface area contributed by atoms with Crippen molar-refractivity contribution in [2.75, 3.05) is 18.4 Å². The van der Waals surface area contributed by atoms with Crippen LogP contribution in [-0.4, -0.2) is 37.8 Å². The van der Waals surface area contributed by atoms with Crippen LogP contribution in [0.3, 0.4) is 0 Å². The van der Waals surface area contributed by atoms with Gasteiger partial charge in [-0.1, -0.05) is 24.3 Å². The largest absolute Gasteiger partial charge is 0.330 e. The van der Waals surface area contributed by atoms with Crippen LogP contribution in [0.2, 0.25) is 0 Å². The van der Waals surface area contributed by atoms with E-state index in [-0.39, 0.29) is 16.8 Å². The molecule has 3 N–H and O–H groups in total. The lowest BCUT2D eigenvalue weighted by Crippen LogP contribution is -2.92. The van der Waals surface area contributed by atoms with E-state index in [2.05, 4.69) is 34.9 Å². The Morgan fingerprint density at radius 2 is 1.77 bits per heavy atom. The molecular formula is C23H30N3O3S+. The van der Waals surface area contributed by atoms with Gasteiger partial charge in [-0.15, -0.1) is 0 Å². The average molecular weight is 429 g/mol. The molecule has 0 aromatic heterocycles. The number of nitrogens with zero attached hydrogens (tertiary/aromatic N) is 1. The first kappa shape index (κ1) is 21.0. The fourth-order valence-corrected chi connectivity index (χ4v) is 5.99. The van der Waals surface area contributed by atoms with Crippen LogP contribution in [0.5, 0.6) is 0 Å². The maximum atomic E-state index is 12.7. The van der Waals surface area contributed by atoms with Crippen molar-refractivity contribution >= 4 is 21.6 Å². The Hall–Kier alpha value is -2.22. The summed E-state index contributed by atoms with van der Waals surface area (Å²) in [6.45, 7) is 3.08. The molecule has 1 aliphatic carbocycles. The number of fused-ring (bicyclic) bond motifs is 1. The van der Waals surface area contributed by atoms with Crippen molar-refractivity contribution in [2.45, 2.75) is 56.0 Å². The zero-order valence-electron chi connectivity index (χ0n) is 17.4. The molecule has 0 spiro atoms. The van der Waals surface area contributed by atoms with Crippen LogP contribution in [0.25, 0.3) is 0 Å². The highest BCUT2D eigenvalue weighted by atomic mass is 32.2. The van der Waals surface area contributed by atoms with Crippen LogP contribution in [0.15, 0.2) is 53.4 Å². The predicted octanol–water partition coefficient (Wildman–Crippen LogP) is 2.44. The first-order chi connectivity index (χ1) is 14.4. The second kappa shape index (κ2) is 8.88. The van der Waals surface area contributed by atoms with E-state index in [1.165, 1.54) is 15.4 Å². The number of amides is 1. The fourth-order valence-electron chi connectivity index (χ4n) is 4.47. The summed E-state index contributed by atoms with van der Waals surface area (Å²) in [4.78, 5) is 13.0. The van der Waals surface area contributed by atoms with E-state index in [4.69, 9.17) is 0 Å². The van der Waals surface area contributed by atoms with Crippen LogP contribution in [0.1, 0.15) is 49.8 Å². The molecule has 2 aromatic carbocycles. The van der Waals surface area contributed by atoms with Gasteiger partial charge in [-0.3, -0.25) is 4.79 Å². The lowest BCUT2D eigenvalue weighted by molar-refractivity contribution is -0.714. The molecule has 4 rings (SSSR count). The number of carbonyl (C=O) groups excluding carboxylic acids is 1. The van der Waals surface area contributed by atoms with Gasteiger partial charge in [0.15, 0.2) is 6.04 Å². The molecule has 1 amide bonds. The summed E-state index contributed by atoms with van der Waals surface area (Å²) < 4.78 is 26.8. The van der Waals surface area contributed by atoms with Crippen LogP contribution in [-0.2, 0) is 21.2 Å². The highest BCUT2D eigenvalue weighted by Gasteiger charge is 2.28. The molecule has 30 heavy (non-hydrogen) atoms. The van der Waals surface area contributed by atoms with Crippen molar-refractivity contribution in [1.29, 1.82) is 0 Å². The SMILES string of the molecule is C[C@@H]([NH2+][C@@H]1CCCc2ccccc21)C(=O)Nc1ccc(S(=O)(=O)N2CCCC2)cc1. The maximum Gasteiger partial charge on any atom is 0.282 e. The minimum absolute atomic E-state index is 0.0757. The Kier molecular flexibility index (Phi) is 6.22. The number of nitrogens with one attached hydrogen (secondary N) is 1. The molecule has 6 nitrogen and oxygen atoms in total. The minimum atomic E-state index is -3.43. The first-order valence-corrected chi connectivity index (χ1v) is 12.2. The number of hydrogen-bond donors (Lipinski definition) is 2. The van der Waals surface area contributed by atoms with Gasteiger partial charge in [-0.2, -0.15) is 4.31 Å². The molecule has 1 heterocycles. The van der Waals surface area contributed by atoms with Crippen molar-refractivity contribution in [1.82, 2.24) is 4.31 Å². The van der Waals surface area contributed by atoms with E-state index < -0.39 is 10.0 Å². The number of rotatable bonds is 6. The summed E-state index contributed by atoms with van der Waals surface area (Å²) in [7, 11) is -3.43. The number of anilines is 1. The number of hydrogen-bond acceptors (Lipinski definition) is 3. The van der Waals surface area contributed by atoms with Gasteiger partial charge in [-0.25, -0.2) is 8.42 Å². The Labute approximate surface area is 178 Å². The second-order valence-electron chi connectivity index (χ2n) is 8.30. The maximum absolute atomic E-state index is 12.7. The lowest BCUT2D eigenvalue weighted by atomic mass is 9.87. The first-order valence-electron chi connectivity index (χ1n) is 10.8. The Morgan fingerprint density at radius 3 is 2.50 bits per heavy atom. The van der Waals surface area contributed by atoms with E-state index in [1.807, 2.05) is 6.92 Å². The number of benzene rings is 2. The van der Waals surface area contributed by atoms with E-state index in [0.29, 0.717) is 24.8 Å². The second-order valence-corrected chi connectivity index (χ2v) is 10.2. The van der Waals surface area contributed by atoms with Crippen LogP contribution in [0.4, 0.5) is 5.69 Å². The summed E-state index contributed by atoms with van der Waals surface area (Å²) in [5.74, 6) is -0.0757. The van der Waals surface area contributed by atoms with Crippen LogP contribution in [0, 0.1) is 0 Å². The zero-order chi connectivity index (χ0) is 21.1. The Bertz CT molecular complexity index is 999. The van der Waals surface area contributed by atoms with Gasteiger partial charge in [0.1, 0.15) is 6.04 Å². The molecule has 160 valence electrons. The van der Waals surface area contributed by atoms with E-state index in [1.54, 1.807) is 24.3 Å². The van der Waals surface area contributed by atoms with Gasteiger partial charge >= 0.3 is 0 Å². The van der Waals surface area contributed by atoms with Crippen molar-refractivity contribution in [3.63, 3.8) is 0 Å². The monoisotopic (exact) mass is 428 g/mol. The molecule has 0 unspecified atom stereocenters. The smallest absolute Gasteiger partial charge is 0.282 e. The third kappa shape index (κ3) is 4.43. The third-order valence-electron chi connectivity index (χ3n) is 6.18. The standard InChI is InChI=1S/C23H29N3O3S/c1-17(24-22-10-6-8-18-7-2-3-9-21(18)22)23(27)25-19-11-13-20(14-12-19)30(28,29)26-15-4-5-16-26/h2-3,7,9,11-14,17,22,24H,4-6,8,10,15-16H2,1H3,(H,25,27)/p+1/t17-,22-/m1/s1. The van der Waals surface area contributed by atoms with E-state index in [9.17, 15) is 13.2 Å². The summed E-state index contributed by atoms with van der Waals surface area (Å²) in [6, 6.07) is 15.0. The molecule has 2 atom stereocenters. The van der Waals surface area contributed by atoms with Gasteiger partial charge in [0.25, 0.3) is 5.91 Å². The molecule has 0 saturated carbocycles. The van der Waals surface area contributed by atoms with Crippen LogP contribution >= 0.6 is 0 Å². The summed E-state index contributed by atoms with van der Waals surface area (Å²) in [5, 5.41) is 5.06. The predicted molar refractivity (Wildman–Crippen MR) is 117 cm³/mol. The number of aryl methyl sites for hydroxylation is 1. The van der Waals surface area contributed by atoms with E-state index in [0.717, 1.165) is 32.1 Å². The molecule has 2 aromatic rings. The molecule has 1 aliphatic heterocycles. The molecule has 0 bridgehead atoms. The quantitative estimate of drug-likeness (QED) is 0.741. The fraction of sp³-hybridized carbons (Fsp3) is 0.435. The number of nitrogens with two attached hydrogens (primary N) is 1. The van der Waals surface area contributed by atoms with Gasteiger partial charge < -0.3 is 10.6 Å². The molecule has 1 saturated heterocycles. The van der Waals surface area contributed by atoms with Gasteiger partial charge in [0.2, 0.25) is 10.0 Å².